The van der Waals surface area contributed by atoms with Gasteiger partial charge in [0.15, 0.2) is 11.5 Å². The minimum absolute atomic E-state index is 0. The summed E-state index contributed by atoms with van der Waals surface area (Å²) in [5.74, 6) is 0.381. The predicted molar refractivity (Wildman–Crippen MR) is 154 cm³/mol. The summed E-state index contributed by atoms with van der Waals surface area (Å²) >= 11 is 0. The van der Waals surface area contributed by atoms with E-state index in [1.807, 2.05) is 6.07 Å². The topological polar surface area (TPSA) is 97.0 Å². The number of nitriles is 1. The number of hydrogen-bond acceptors (Lipinski definition) is 6. The number of halogens is 4. The van der Waals surface area contributed by atoms with Crippen LogP contribution in [0.25, 0.3) is 6.08 Å². The van der Waals surface area contributed by atoms with Gasteiger partial charge >= 0.3 is 6.18 Å². The van der Waals surface area contributed by atoms with Crippen molar-refractivity contribution < 1.29 is 32.9 Å². The fraction of sp³-hybridized carbons (Fsp3) is 0.500. The van der Waals surface area contributed by atoms with Gasteiger partial charge in [-0.15, -0.1) is 12.4 Å². The number of alkyl halides is 3. The van der Waals surface area contributed by atoms with Gasteiger partial charge in [-0.05, 0) is 79.8 Å². The lowest BCUT2D eigenvalue weighted by Crippen LogP contribution is -2.79. The highest BCUT2D eigenvalue weighted by Gasteiger charge is 2.75. The van der Waals surface area contributed by atoms with Crippen molar-refractivity contribution in [2.24, 2.45) is 5.92 Å². The van der Waals surface area contributed by atoms with Gasteiger partial charge in [0.25, 0.3) is 0 Å². The molecule has 7 nitrogen and oxygen atoms in total. The third-order valence-electron chi connectivity index (χ3n) is 10.4. The number of likely N-dealkylation sites (N-methyl/N-ethyl adjacent to an activating group) is 1. The van der Waals surface area contributed by atoms with Crippen LogP contribution in [0.2, 0.25) is 0 Å². The van der Waals surface area contributed by atoms with E-state index in [2.05, 4.69) is 11.0 Å². The number of aliphatic hydroxyl groups is 1. The molecule has 1 saturated heterocycles. The quantitative estimate of drug-likeness (QED) is 0.468. The summed E-state index contributed by atoms with van der Waals surface area (Å²) in [4.78, 5) is 17.1. The third-order valence-corrected chi connectivity index (χ3v) is 10.4. The Bertz CT molecular complexity index is 1540. The molecule has 2 heterocycles. The fourth-order valence-electron chi connectivity index (χ4n) is 8.28. The van der Waals surface area contributed by atoms with E-state index in [4.69, 9.17) is 4.74 Å². The number of carbonyl (C=O) groups excluding carboxylic acids is 1. The van der Waals surface area contributed by atoms with Crippen LogP contribution in [0.15, 0.2) is 42.5 Å². The second kappa shape index (κ2) is 10.1. The molecule has 43 heavy (non-hydrogen) atoms. The number of carbonyl (C=O) groups is 1. The molecule has 5 aliphatic rings. The second-order valence-corrected chi connectivity index (χ2v) is 12.6. The number of ether oxygens (including phenoxy) is 1. The zero-order valence-corrected chi connectivity index (χ0v) is 24.4. The first kappa shape index (κ1) is 29.8. The number of piperidine rings is 1. The first-order chi connectivity index (χ1) is 20.0. The SMILES string of the molecule is CN(C(=O)C=Cc1cccc(C(F)(F)F)c1)[C@@H]1CC[C@@]2(O)[C@H]3Cc4ccc(O)c5c4[C@@]2(CC(C#N)N3CC2CC2)[C@H]1O5.Cl. The van der Waals surface area contributed by atoms with Crippen molar-refractivity contribution in [2.45, 2.75) is 79.9 Å². The molecule has 1 spiro atoms. The second-order valence-electron chi connectivity index (χ2n) is 12.6. The maximum Gasteiger partial charge on any atom is 0.416 e. The average Bonchev–Trinajstić information content (AvgIpc) is 3.71. The molecule has 3 fully saturated rings. The van der Waals surface area contributed by atoms with Crippen molar-refractivity contribution in [3.05, 3.63) is 64.7 Å². The van der Waals surface area contributed by atoms with Gasteiger partial charge in [0.1, 0.15) is 6.10 Å². The molecule has 11 heteroatoms. The summed E-state index contributed by atoms with van der Waals surface area (Å²) in [6, 6.07) is 9.50. The zero-order chi connectivity index (χ0) is 29.6. The van der Waals surface area contributed by atoms with Gasteiger partial charge in [0.2, 0.25) is 5.91 Å². The first-order valence-corrected chi connectivity index (χ1v) is 14.5. The normalized spacial score (nSPS) is 32.4. The molecular weight excluding hydrogens is 583 g/mol. The lowest BCUT2D eigenvalue weighted by molar-refractivity contribution is -0.207. The van der Waals surface area contributed by atoms with Gasteiger partial charge in [-0.25, -0.2) is 0 Å². The van der Waals surface area contributed by atoms with Crippen LogP contribution in [0.4, 0.5) is 13.2 Å². The summed E-state index contributed by atoms with van der Waals surface area (Å²) in [5, 5.41) is 33.9. The first-order valence-electron chi connectivity index (χ1n) is 14.5. The Morgan fingerprint density at radius 3 is 2.72 bits per heavy atom. The molecule has 2 aromatic carbocycles. The maximum absolute atomic E-state index is 13.4. The minimum atomic E-state index is -4.49. The van der Waals surface area contributed by atoms with Crippen molar-refractivity contribution in [2.75, 3.05) is 13.6 Å². The van der Waals surface area contributed by atoms with Crippen LogP contribution in [0, 0.1) is 17.2 Å². The lowest BCUT2D eigenvalue weighted by atomic mass is 9.47. The van der Waals surface area contributed by atoms with Crippen LogP contribution in [-0.2, 0) is 22.8 Å². The van der Waals surface area contributed by atoms with Crippen LogP contribution >= 0.6 is 12.4 Å². The van der Waals surface area contributed by atoms with Crippen LogP contribution in [0.1, 0.15) is 54.4 Å². The van der Waals surface area contributed by atoms with Gasteiger partial charge in [-0.2, -0.15) is 18.4 Å². The Labute approximate surface area is 253 Å². The van der Waals surface area contributed by atoms with E-state index in [0.29, 0.717) is 37.4 Å². The third kappa shape index (κ3) is 4.34. The van der Waals surface area contributed by atoms with E-state index in [-0.39, 0.29) is 29.8 Å². The molecule has 1 amide bonds. The van der Waals surface area contributed by atoms with Crippen LogP contribution in [0.3, 0.4) is 0 Å². The highest BCUT2D eigenvalue weighted by atomic mass is 35.5. The van der Waals surface area contributed by atoms with E-state index >= 15 is 0 Å². The smallest absolute Gasteiger partial charge is 0.416 e. The van der Waals surface area contributed by atoms with E-state index in [9.17, 15) is 33.4 Å². The molecule has 7 rings (SSSR count). The monoisotopic (exact) mass is 615 g/mol. The number of nitrogens with zero attached hydrogens (tertiary/aromatic N) is 3. The maximum atomic E-state index is 13.4. The number of phenols is 1. The summed E-state index contributed by atoms with van der Waals surface area (Å²) < 4.78 is 46.0. The molecule has 2 N–H and O–H groups in total. The molecule has 0 radical (unpaired) electrons. The lowest BCUT2D eigenvalue weighted by Gasteiger charge is -2.65. The molecule has 2 aromatic rings. The molecule has 0 aromatic heterocycles. The summed E-state index contributed by atoms with van der Waals surface area (Å²) in [6.45, 7) is 0.759. The molecule has 2 bridgehead atoms. The summed E-state index contributed by atoms with van der Waals surface area (Å²) in [6.07, 6.45) is 1.31. The molecule has 2 aliphatic heterocycles. The molecular formula is C32H33ClF3N3O4. The number of phenolic OH excluding ortho intramolecular Hbond substituents is 1. The van der Waals surface area contributed by atoms with Gasteiger partial charge in [-0.1, -0.05) is 18.2 Å². The standard InChI is InChI=1S/C32H32F3N3O4.ClH/c1-37(26(40)10-7-18-3-2-4-21(13-18)32(33,34)35)23-11-12-31(41)25-14-20-8-9-24(39)28-27(20)30(31,29(23)42-28)15-22(16-36)38(25)17-19-5-6-19;/h2-4,7-10,13,19,22-23,25,29,39,41H,5-6,11-12,14-15,17H2,1H3;1H/t22?,23-,25-,29+,30+,31-;/m1./s1. The van der Waals surface area contributed by atoms with E-state index in [1.165, 1.54) is 29.2 Å². The van der Waals surface area contributed by atoms with Gasteiger partial charge < -0.3 is 19.8 Å². The van der Waals surface area contributed by atoms with Crippen molar-refractivity contribution in [1.29, 1.82) is 5.26 Å². The molecule has 3 aliphatic carbocycles. The average molecular weight is 616 g/mol. The largest absolute Gasteiger partial charge is 0.504 e. The molecule has 2 saturated carbocycles. The van der Waals surface area contributed by atoms with Crippen LogP contribution < -0.4 is 4.74 Å². The Kier molecular flexibility index (Phi) is 7.03. The van der Waals surface area contributed by atoms with Crippen LogP contribution in [-0.4, -0.2) is 69.3 Å². The van der Waals surface area contributed by atoms with Gasteiger partial charge in [0.05, 0.1) is 34.7 Å². The highest BCUT2D eigenvalue weighted by Crippen LogP contribution is 2.66. The molecule has 6 atom stereocenters. The predicted octanol–water partition coefficient (Wildman–Crippen LogP) is 4.83. The number of aromatic hydroxyl groups is 1. The Morgan fingerprint density at radius 1 is 1.26 bits per heavy atom. The van der Waals surface area contributed by atoms with Crippen LogP contribution in [0.5, 0.6) is 11.5 Å². The van der Waals surface area contributed by atoms with Gasteiger partial charge in [0, 0.05) is 31.3 Å². The van der Waals surface area contributed by atoms with Crippen molar-refractivity contribution in [3.8, 4) is 17.6 Å². The number of benzene rings is 2. The van der Waals surface area contributed by atoms with Crippen molar-refractivity contribution in [1.82, 2.24) is 9.80 Å². The fourth-order valence-corrected chi connectivity index (χ4v) is 8.28. The van der Waals surface area contributed by atoms with E-state index < -0.39 is 46.9 Å². The molecule has 1 unspecified atom stereocenters. The number of hydrogen-bond donors (Lipinski definition) is 2. The summed E-state index contributed by atoms with van der Waals surface area (Å²) in [5.41, 5.74) is -1.03. The van der Waals surface area contributed by atoms with Crippen molar-refractivity contribution >= 4 is 24.4 Å². The number of rotatable bonds is 5. The summed E-state index contributed by atoms with van der Waals surface area (Å²) in [7, 11) is 1.63. The van der Waals surface area contributed by atoms with E-state index in [0.717, 1.165) is 42.6 Å². The Morgan fingerprint density at radius 2 is 2.02 bits per heavy atom. The number of likely N-dealkylation sites (tertiary alicyclic amines) is 1. The molecule has 228 valence electrons. The minimum Gasteiger partial charge on any atom is -0.504 e. The Hall–Kier alpha value is -3.26. The zero-order valence-electron chi connectivity index (χ0n) is 23.6. The Balaban J connectivity index is 0.00000329. The van der Waals surface area contributed by atoms with Crippen molar-refractivity contribution in [3.63, 3.8) is 0 Å². The van der Waals surface area contributed by atoms with E-state index in [1.54, 1.807) is 13.1 Å². The highest BCUT2D eigenvalue weighted by molar-refractivity contribution is 5.92. The number of amides is 1. The van der Waals surface area contributed by atoms with Gasteiger partial charge in [-0.3, -0.25) is 9.69 Å².